The zero-order valence-corrected chi connectivity index (χ0v) is 10.5. The fraction of sp³-hybridized carbons (Fsp3) is 0.133. The lowest BCUT2D eigenvalue weighted by molar-refractivity contribution is 0.0855. The van der Waals surface area contributed by atoms with Crippen LogP contribution in [-0.2, 0) is 4.84 Å². The average molecular weight is 273 g/mol. The van der Waals surface area contributed by atoms with E-state index >= 15 is 0 Å². The van der Waals surface area contributed by atoms with Gasteiger partial charge in [0.1, 0.15) is 5.82 Å². The highest BCUT2D eigenvalue weighted by Gasteiger charge is 2.24. The average Bonchev–Trinajstić information content (AvgIpc) is 2.92. The number of benzene rings is 2. The first-order valence-electron chi connectivity index (χ1n) is 6.14. The molecule has 1 atom stereocenters. The van der Waals surface area contributed by atoms with Crippen LogP contribution in [0.1, 0.15) is 23.7 Å². The molecule has 0 saturated carbocycles. The number of hydrogen-bond donors (Lipinski definition) is 2. The quantitative estimate of drug-likeness (QED) is 0.826. The molecule has 0 fully saturated rings. The van der Waals surface area contributed by atoms with E-state index < -0.39 is 0 Å². The Kier molecular flexibility index (Phi) is 3.02. The number of rotatable bonds is 2. The topological polar surface area (TPSA) is 62.1 Å². The van der Waals surface area contributed by atoms with Crippen molar-refractivity contribution in [3.05, 3.63) is 59.4 Å². The molecule has 2 N–H and O–H groups in total. The van der Waals surface area contributed by atoms with Gasteiger partial charge >= 0.3 is 0 Å². The molecule has 102 valence electrons. The summed E-state index contributed by atoms with van der Waals surface area (Å²) in [4.78, 5) is 5.31. The molecule has 4 nitrogen and oxygen atoms in total. The van der Waals surface area contributed by atoms with Gasteiger partial charge in [0.2, 0.25) is 0 Å². The standard InChI is InChI=1S/C15H12FNO3/c16-11-3-1-2-10(6-11)15-8-12(17-20-15)9-4-5-13(18)14(19)7-9/h1-7,15,18-19H,8H2. The number of aromatic hydroxyl groups is 2. The van der Waals surface area contributed by atoms with Gasteiger partial charge in [0, 0.05) is 12.0 Å². The molecule has 0 amide bonds. The van der Waals surface area contributed by atoms with Crippen LogP contribution in [0.25, 0.3) is 0 Å². The smallest absolute Gasteiger partial charge is 0.158 e. The fourth-order valence-corrected chi connectivity index (χ4v) is 2.14. The van der Waals surface area contributed by atoms with E-state index in [4.69, 9.17) is 4.84 Å². The van der Waals surface area contributed by atoms with Crippen molar-refractivity contribution in [3.63, 3.8) is 0 Å². The lowest BCUT2D eigenvalue weighted by Crippen LogP contribution is -2.01. The summed E-state index contributed by atoms with van der Waals surface area (Å²) >= 11 is 0. The molecule has 3 rings (SSSR count). The molecule has 0 aliphatic carbocycles. The van der Waals surface area contributed by atoms with E-state index in [-0.39, 0.29) is 23.4 Å². The van der Waals surface area contributed by atoms with Crippen molar-refractivity contribution < 1.29 is 19.4 Å². The van der Waals surface area contributed by atoms with E-state index in [2.05, 4.69) is 5.16 Å². The zero-order valence-electron chi connectivity index (χ0n) is 10.5. The van der Waals surface area contributed by atoms with Crippen LogP contribution in [0.3, 0.4) is 0 Å². The maximum absolute atomic E-state index is 13.2. The van der Waals surface area contributed by atoms with Crippen molar-refractivity contribution in [2.45, 2.75) is 12.5 Å². The van der Waals surface area contributed by atoms with Crippen molar-refractivity contribution in [2.24, 2.45) is 5.16 Å². The van der Waals surface area contributed by atoms with Crippen LogP contribution in [0.4, 0.5) is 4.39 Å². The minimum absolute atomic E-state index is 0.185. The van der Waals surface area contributed by atoms with Crippen molar-refractivity contribution in [1.29, 1.82) is 0 Å². The molecule has 1 aliphatic rings. The van der Waals surface area contributed by atoms with Gasteiger partial charge in [-0.05, 0) is 35.9 Å². The summed E-state index contributed by atoms with van der Waals surface area (Å²) in [5.41, 5.74) is 2.03. The second-order valence-electron chi connectivity index (χ2n) is 4.59. The Morgan fingerprint density at radius 1 is 1.10 bits per heavy atom. The predicted molar refractivity (Wildman–Crippen MR) is 71.2 cm³/mol. The molecule has 2 aromatic rings. The third kappa shape index (κ3) is 2.30. The lowest BCUT2D eigenvalue weighted by atomic mass is 10.00. The summed E-state index contributed by atoms with van der Waals surface area (Å²) in [7, 11) is 0. The van der Waals surface area contributed by atoms with E-state index in [0.717, 1.165) is 0 Å². The van der Waals surface area contributed by atoms with Gasteiger partial charge in [0.15, 0.2) is 17.6 Å². The zero-order chi connectivity index (χ0) is 14.1. The first-order chi connectivity index (χ1) is 9.63. The van der Waals surface area contributed by atoms with E-state index in [9.17, 15) is 14.6 Å². The number of phenols is 2. The Hall–Kier alpha value is -2.56. The normalized spacial score (nSPS) is 17.6. The highest BCUT2D eigenvalue weighted by molar-refractivity contribution is 6.01. The van der Waals surface area contributed by atoms with Crippen LogP contribution in [0, 0.1) is 5.82 Å². The van der Waals surface area contributed by atoms with Gasteiger partial charge in [-0.25, -0.2) is 4.39 Å². The molecule has 0 radical (unpaired) electrons. The number of hydrogen-bond acceptors (Lipinski definition) is 4. The summed E-state index contributed by atoms with van der Waals surface area (Å²) < 4.78 is 13.2. The third-order valence-corrected chi connectivity index (χ3v) is 3.20. The second kappa shape index (κ2) is 4.85. The number of nitrogens with zero attached hydrogens (tertiary/aromatic N) is 1. The summed E-state index contributed by atoms with van der Waals surface area (Å²) in [5, 5.41) is 22.7. The van der Waals surface area contributed by atoms with Gasteiger partial charge in [-0.1, -0.05) is 17.3 Å². The van der Waals surface area contributed by atoms with Crippen molar-refractivity contribution >= 4 is 5.71 Å². The van der Waals surface area contributed by atoms with Crippen LogP contribution in [0.2, 0.25) is 0 Å². The molecule has 20 heavy (non-hydrogen) atoms. The van der Waals surface area contributed by atoms with E-state index in [1.807, 2.05) is 0 Å². The Bertz CT molecular complexity index is 685. The van der Waals surface area contributed by atoms with Gasteiger partial charge in [-0.2, -0.15) is 0 Å². The molecule has 0 spiro atoms. The maximum Gasteiger partial charge on any atom is 0.158 e. The van der Waals surface area contributed by atoms with E-state index in [1.165, 1.54) is 24.3 Å². The molecule has 5 heteroatoms. The second-order valence-corrected chi connectivity index (χ2v) is 4.59. The van der Waals surface area contributed by atoms with Crippen LogP contribution >= 0.6 is 0 Å². The number of oxime groups is 1. The first kappa shape index (κ1) is 12.5. The fourth-order valence-electron chi connectivity index (χ4n) is 2.14. The van der Waals surface area contributed by atoms with Crippen molar-refractivity contribution in [2.75, 3.05) is 0 Å². The van der Waals surface area contributed by atoms with Crippen LogP contribution < -0.4 is 0 Å². The van der Waals surface area contributed by atoms with Gasteiger partial charge in [0.25, 0.3) is 0 Å². The summed E-state index contributed by atoms with van der Waals surface area (Å²) in [6.07, 6.45) is 0.143. The van der Waals surface area contributed by atoms with Gasteiger partial charge < -0.3 is 15.1 Å². The SMILES string of the molecule is Oc1ccc(C2=NOC(c3cccc(F)c3)C2)cc1O. The molecule has 0 saturated heterocycles. The number of halogens is 1. The van der Waals surface area contributed by atoms with E-state index in [1.54, 1.807) is 18.2 Å². The minimum Gasteiger partial charge on any atom is -0.504 e. The highest BCUT2D eigenvalue weighted by atomic mass is 19.1. The molecular formula is C15H12FNO3. The van der Waals surface area contributed by atoms with E-state index in [0.29, 0.717) is 23.3 Å². The molecule has 1 heterocycles. The molecule has 1 aliphatic heterocycles. The lowest BCUT2D eigenvalue weighted by Gasteiger charge is -2.08. The Morgan fingerprint density at radius 3 is 2.70 bits per heavy atom. The Balaban J connectivity index is 1.80. The van der Waals surface area contributed by atoms with Gasteiger partial charge in [0.05, 0.1) is 5.71 Å². The molecular weight excluding hydrogens is 261 g/mol. The monoisotopic (exact) mass is 273 g/mol. The first-order valence-corrected chi connectivity index (χ1v) is 6.14. The van der Waals surface area contributed by atoms with Gasteiger partial charge in [-0.3, -0.25) is 0 Å². The van der Waals surface area contributed by atoms with Gasteiger partial charge in [-0.15, -0.1) is 0 Å². The molecule has 2 aromatic carbocycles. The summed E-state index contributed by atoms with van der Waals surface area (Å²) in [6.45, 7) is 0. The predicted octanol–water partition coefficient (Wildman–Crippen LogP) is 3.10. The van der Waals surface area contributed by atoms with Crippen LogP contribution in [0.5, 0.6) is 11.5 Å². The van der Waals surface area contributed by atoms with Crippen molar-refractivity contribution in [3.8, 4) is 11.5 Å². The van der Waals surface area contributed by atoms with Crippen LogP contribution in [-0.4, -0.2) is 15.9 Å². The summed E-state index contributed by atoms with van der Waals surface area (Å²) in [6, 6.07) is 10.6. The number of phenolic OH excluding ortho intramolecular Hbond substituents is 2. The molecule has 1 unspecified atom stereocenters. The highest BCUT2D eigenvalue weighted by Crippen LogP contribution is 2.32. The maximum atomic E-state index is 13.2. The minimum atomic E-state index is -0.336. The Labute approximate surface area is 114 Å². The molecule has 0 bridgehead atoms. The summed E-state index contributed by atoms with van der Waals surface area (Å²) in [5.74, 6) is -0.712. The van der Waals surface area contributed by atoms with Crippen LogP contribution in [0.15, 0.2) is 47.6 Å². The Morgan fingerprint density at radius 2 is 1.95 bits per heavy atom. The van der Waals surface area contributed by atoms with Crippen molar-refractivity contribution in [1.82, 2.24) is 0 Å². The third-order valence-electron chi connectivity index (χ3n) is 3.20. The largest absolute Gasteiger partial charge is 0.504 e. The molecule has 0 aromatic heterocycles.